The van der Waals surface area contributed by atoms with Crippen molar-refractivity contribution >= 4 is 33.7 Å². The molecule has 0 spiro atoms. The van der Waals surface area contributed by atoms with Crippen LogP contribution >= 0.6 is 11.3 Å². The second kappa shape index (κ2) is 8.80. The Balaban J connectivity index is 1.60. The van der Waals surface area contributed by atoms with E-state index in [1.165, 1.54) is 17.0 Å². The van der Waals surface area contributed by atoms with Gasteiger partial charge in [-0.25, -0.2) is 19.4 Å². The summed E-state index contributed by atoms with van der Waals surface area (Å²) in [6, 6.07) is 15.5. The Bertz CT molecular complexity index is 1420. The highest BCUT2D eigenvalue weighted by Gasteiger charge is 2.32. The molecule has 5 nitrogen and oxygen atoms in total. The highest BCUT2D eigenvalue weighted by molar-refractivity contribution is 7.18. The first-order chi connectivity index (χ1) is 16.3. The summed E-state index contributed by atoms with van der Waals surface area (Å²) in [6.07, 6.45) is 4.54. The van der Waals surface area contributed by atoms with E-state index in [4.69, 9.17) is 4.98 Å². The van der Waals surface area contributed by atoms with Crippen molar-refractivity contribution in [2.75, 3.05) is 5.43 Å². The summed E-state index contributed by atoms with van der Waals surface area (Å²) in [5, 5.41) is 5.01. The lowest BCUT2D eigenvalue weighted by Gasteiger charge is -2.33. The van der Waals surface area contributed by atoms with Crippen molar-refractivity contribution in [3.05, 3.63) is 86.8 Å². The average molecular weight is 475 g/mol. The SMILES string of the molecule is CC(C)(C)[C@H]1CCc2c(sc3nc(N/N=C\c4ccc(F)cc4)n(-c4ccccc4)c(=O)c23)C1. The van der Waals surface area contributed by atoms with Crippen molar-refractivity contribution < 1.29 is 4.39 Å². The largest absolute Gasteiger partial charge is 0.268 e. The normalized spacial score (nSPS) is 16.2. The first kappa shape index (κ1) is 22.5. The van der Waals surface area contributed by atoms with Crippen molar-refractivity contribution in [2.45, 2.75) is 40.0 Å². The molecule has 0 bridgehead atoms. The summed E-state index contributed by atoms with van der Waals surface area (Å²) < 4.78 is 14.8. The van der Waals surface area contributed by atoms with Gasteiger partial charge in [0.25, 0.3) is 5.56 Å². The molecule has 0 fully saturated rings. The average Bonchev–Trinajstić information content (AvgIpc) is 3.18. The molecular weight excluding hydrogens is 447 g/mol. The van der Waals surface area contributed by atoms with Crippen molar-refractivity contribution in [1.82, 2.24) is 9.55 Å². The highest BCUT2D eigenvalue weighted by atomic mass is 32.1. The summed E-state index contributed by atoms with van der Waals surface area (Å²) in [5.74, 6) is 0.640. The number of hydrazone groups is 1. The summed E-state index contributed by atoms with van der Waals surface area (Å²) in [4.78, 5) is 20.7. The number of rotatable bonds is 4. The first-order valence-electron chi connectivity index (χ1n) is 11.5. The molecule has 0 amide bonds. The van der Waals surface area contributed by atoms with Gasteiger partial charge >= 0.3 is 0 Å². The van der Waals surface area contributed by atoms with Gasteiger partial charge < -0.3 is 0 Å². The fourth-order valence-electron chi connectivity index (χ4n) is 4.57. The maximum Gasteiger partial charge on any atom is 0.268 e. The zero-order valence-corrected chi connectivity index (χ0v) is 20.3. The number of benzene rings is 2. The second-order valence-electron chi connectivity index (χ2n) is 9.82. The number of nitrogens with one attached hydrogen (secondary N) is 1. The van der Waals surface area contributed by atoms with Crippen LogP contribution in [0.5, 0.6) is 0 Å². The number of aromatic nitrogens is 2. The molecule has 2 aromatic heterocycles. The molecule has 7 heteroatoms. The van der Waals surface area contributed by atoms with Gasteiger partial charge in [-0.15, -0.1) is 11.3 Å². The van der Waals surface area contributed by atoms with Crippen LogP contribution in [0, 0.1) is 17.2 Å². The summed E-state index contributed by atoms with van der Waals surface area (Å²) >= 11 is 1.63. The molecule has 34 heavy (non-hydrogen) atoms. The standard InChI is InChI=1S/C27H27FN4OS/c1-27(2,3)18-11-14-21-22(15-18)34-24-23(21)25(33)32(20-7-5-4-6-8-20)26(30-24)31-29-16-17-9-12-19(28)13-10-17/h4-10,12-13,16,18H,11,14-15H2,1-3H3,(H,30,31)/b29-16-/t18-/m0/s1. The van der Waals surface area contributed by atoms with Crippen LogP contribution in [0.1, 0.15) is 43.2 Å². The van der Waals surface area contributed by atoms with Crippen LogP contribution in [-0.2, 0) is 12.8 Å². The summed E-state index contributed by atoms with van der Waals surface area (Å²) in [7, 11) is 0. The van der Waals surface area contributed by atoms with Crippen molar-refractivity contribution in [1.29, 1.82) is 0 Å². The number of hydrogen-bond donors (Lipinski definition) is 1. The number of aryl methyl sites for hydroxylation is 1. The van der Waals surface area contributed by atoms with Crippen LogP contribution in [0.2, 0.25) is 0 Å². The van der Waals surface area contributed by atoms with Gasteiger partial charge in [-0.05, 0) is 66.0 Å². The van der Waals surface area contributed by atoms with E-state index in [0.717, 1.165) is 46.3 Å². The Kier molecular flexibility index (Phi) is 5.81. The Hall–Kier alpha value is -3.32. The maximum absolute atomic E-state index is 13.8. The van der Waals surface area contributed by atoms with Gasteiger partial charge in [0.15, 0.2) is 0 Å². The van der Waals surface area contributed by atoms with Crippen LogP contribution in [0.3, 0.4) is 0 Å². The minimum Gasteiger partial charge on any atom is -0.268 e. The number of nitrogens with zero attached hydrogens (tertiary/aromatic N) is 3. The van der Waals surface area contributed by atoms with Gasteiger partial charge in [-0.1, -0.05) is 51.1 Å². The molecule has 2 heterocycles. The molecule has 1 aliphatic carbocycles. The molecule has 0 unspecified atom stereocenters. The Morgan fingerprint density at radius 2 is 1.88 bits per heavy atom. The zero-order chi connectivity index (χ0) is 23.9. The van der Waals surface area contributed by atoms with E-state index in [9.17, 15) is 9.18 Å². The number of fused-ring (bicyclic) bond motifs is 3. The van der Waals surface area contributed by atoms with Crippen LogP contribution in [0.15, 0.2) is 64.5 Å². The lowest BCUT2D eigenvalue weighted by atomic mass is 9.72. The monoisotopic (exact) mass is 474 g/mol. The van der Waals surface area contributed by atoms with Crippen molar-refractivity contribution in [3.63, 3.8) is 0 Å². The summed E-state index contributed by atoms with van der Waals surface area (Å²) in [5.41, 5.74) is 5.73. The Labute approximate surface area is 202 Å². The van der Waals surface area contributed by atoms with Crippen LogP contribution in [0.25, 0.3) is 15.9 Å². The molecule has 0 aliphatic heterocycles. The predicted molar refractivity (Wildman–Crippen MR) is 138 cm³/mol. The molecule has 0 saturated carbocycles. The van der Waals surface area contributed by atoms with E-state index < -0.39 is 0 Å². The fraction of sp³-hybridized carbons (Fsp3) is 0.296. The molecule has 0 saturated heterocycles. The quantitative estimate of drug-likeness (QED) is 0.284. The second-order valence-corrected chi connectivity index (χ2v) is 10.9. The van der Waals surface area contributed by atoms with Gasteiger partial charge in [-0.2, -0.15) is 5.10 Å². The Morgan fingerprint density at radius 3 is 2.59 bits per heavy atom. The smallest absolute Gasteiger partial charge is 0.268 e. The minimum atomic E-state index is -0.300. The lowest BCUT2D eigenvalue weighted by Crippen LogP contribution is -2.27. The highest BCUT2D eigenvalue weighted by Crippen LogP contribution is 2.42. The third-order valence-corrected chi connectivity index (χ3v) is 7.72. The van der Waals surface area contributed by atoms with E-state index >= 15 is 0 Å². The molecule has 1 atom stereocenters. The topological polar surface area (TPSA) is 59.3 Å². The van der Waals surface area contributed by atoms with E-state index in [-0.39, 0.29) is 16.8 Å². The van der Waals surface area contributed by atoms with Crippen molar-refractivity contribution in [3.8, 4) is 5.69 Å². The number of anilines is 1. The van der Waals surface area contributed by atoms with Crippen LogP contribution < -0.4 is 11.0 Å². The zero-order valence-electron chi connectivity index (χ0n) is 19.5. The van der Waals surface area contributed by atoms with Gasteiger partial charge in [0, 0.05) is 4.88 Å². The van der Waals surface area contributed by atoms with E-state index in [2.05, 4.69) is 31.3 Å². The van der Waals surface area contributed by atoms with Crippen LogP contribution in [-0.4, -0.2) is 15.8 Å². The molecule has 0 radical (unpaired) electrons. The number of halogens is 1. The van der Waals surface area contributed by atoms with Crippen molar-refractivity contribution in [2.24, 2.45) is 16.4 Å². The van der Waals surface area contributed by atoms with Crippen LogP contribution in [0.4, 0.5) is 10.3 Å². The molecule has 1 aliphatic rings. The Morgan fingerprint density at radius 1 is 1.15 bits per heavy atom. The molecule has 4 aromatic rings. The van der Waals surface area contributed by atoms with Gasteiger partial charge in [-0.3, -0.25) is 4.79 Å². The van der Waals surface area contributed by atoms with Gasteiger partial charge in [0.1, 0.15) is 10.6 Å². The molecule has 174 valence electrons. The fourth-order valence-corrected chi connectivity index (χ4v) is 5.86. The maximum atomic E-state index is 13.8. The lowest BCUT2D eigenvalue weighted by molar-refractivity contribution is 0.218. The van der Waals surface area contributed by atoms with Gasteiger partial charge in [0.2, 0.25) is 5.95 Å². The third-order valence-electron chi connectivity index (χ3n) is 6.57. The molecule has 2 aromatic carbocycles. The van der Waals surface area contributed by atoms with E-state index in [1.54, 1.807) is 34.3 Å². The van der Waals surface area contributed by atoms with E-state index in [0.29, 0.717) is 11.9 Å². The molecule has 5 rings (SSSR count). The molecule has 1 N–H and O–H groups in total. The molecular formula is C27H27FN4OS. The third kappa shape index (κ3) is 4.28. The minimum absolute atomic E-state index is 0.0811. The predicted octanol–water partition coefficient (Wildman–Crippen LogP) is 6.18. The number of thiophene rings is 1. The summed E-state index contributed by atoms with van der Waals surface area (Å²) in [6.45, 7) is 6.87. The van der Waals surface area contributed by atoms with Gasteiger partial charge in [0.05, 0.1) is 17.3 Å². The number of para-hydroxylation sites is 1. The van der Waals surface area contributed by atoms with E-state index in [1.807, 2.05) is 30.3 Å². The number of hydrogen-bond acceptors (Lipinski definition) is 5. The first-order valence-corrected chi connectivity index (χ1v) is 12.3.